The zero-order chi connectivity index (χ0) is 13.1. The molecule has 0 bridgehead atoms. The number of anilines is 1. The summed E-state index contributed by atoms with van der Waals surface area (Å²) in [7, 11) is 0. The number of halogens is 2. The van der Waals surface area contributed by atoms with Gasteiger partial charge in [-0.05, 0) is 31.4 Å². The van der Waals surface area contributed by atoms with Gasteiger partial charge in [0.2, 0.25) is 5.91 Å². The fourth-order valence-electron chi connectivity index (χ4n) is 2.03. The van der Waals surface area contributed by atoms with Crippen LogP contribution in [0.3, 0.4) is 0 Å². The van der Waals surface area contributed by atoms with Crippen molar-refractivity contribution >= 4 is 11.6 Å². The lowest BCUT2D eigenvalue weighted by Crippen LogP contribution is -2.33. The highest BCUT2D eigenvalue weighted by atomic mass is 19.1. The molecule has 3 nitrogen and oxygen atoms in total. The van der Waals surface area contributed by atoms with E-state index < -0.39 is 11.6 Å². The van der Waals surface area contributed by atoms with Gasteiger partial charge in [0.25, 0.3) is 0 Å². The molecule has 1 aliphatic rings. The van der Waals surface area contributed by atoms with E-state index in [9.17, 15) is 13.6 Å². The van der Waals surface area contributed by atoms with E-state index in [-0.39, 0.29) is 23.7 Å². The van der Waals surface area contributed by atoms with Gasteiger partial charge in [-0.1, -0.05) is 0 Å². The first-order chi connectivity index (χ1) is 8.58. The number of benzene rings is 1. The molecule has 0 radical (unpaired) electrons. The summed E-state index contributed by atoms with van der Waals surface area (Å²) in [4.78, 5) is 13.5. The molecule has 2 rings (SSSR count). The zero-order valence-electron chi connectivity index (χ0n) is 10.3. The maximum absolute atomic E-state index is 13.5. The Labute approximate surface area is 105 Å². The van der Waals surface area contributed by atoms with Crippen LogP contribution in [0.4, 0.5) is 14.5 Å². The highest BCUT2D eigenvalue weighted by Gasteiger charge is 2.18. The standard InChI is InChI=1S/C13H16F2N2O/c1-9-6-11(15)12(7-10(9)14)16-8-13(18)17-4-2-3-5-17/h6-7,16H,2-5,8H2,1H3. The number of likely N-dealkylation sites (tertiary alicyclic amines) is 1. The number of aryl methyl sites for hydroxylation is 1. The Balaban J connectivity index is 1.97. The molecule has 0 aromatic heterocycles. The molecule has 5 heteroatoms. The zero-order valence-corrected chi connectivity index (χ0v) is 10.3. The Morgan fingerprint density at radius 2 is 1.94 bits per heavy atom. The van der Waals surface area contributed by atoms with Gasteiger partial charge in [-0.3, -0.25) is 4.79 Å². The molecule has 18 heavy (non-hydrogen) atoms. The van der Waals surface area contributed by atoms with Gasteiger partial charge in [-0.15, -0.1) is 0 Å². The molecule has 98 valence electrons. The molecule has 1 aliphatic heterocycles. The summed E-state index contributed by atoms with van der Waals surface area (Å²) in [6.45, 7) is 3.01. The summed E-state index contributed by atoms with van der Waals surface area (Å²) in [5, 5.41) is 2.65. The predicted molar refractivity (Wildman–Crippen MR) is 65.4 cm³/mol. The second kappa shape index (κ2) is 5.33. The van der Waals surface area contributed by atoms with Crippen molar-refractivity contribution in [1.29, 1.82) is 0 Å². The average molecular weight is 254 g/mol. The SMILES string of the molecule is Cc1cc(F)c(NCC(=O)N2CCCC2)cc1F. The van der Waals surface area contributed by atoms with Gasteiger partial charge < -0.3 is 10.2 Å². The fraction of sp³-hybridized carbons (Fsp3) is 0.462. The molecule has 0 saturated carbocycles. The molecule has 0 spiro atoms. The number of carbonyl (C=O) groups is 1. The minimum absolute atomic E-state index is 0.000574. The van der Waals surface area contributed by atoms with E-state index in [0.29, 0.717) is 0 Å². The van der Waals surface area contributed by atoms with E-state index >= 15 is 0 Å². The van der Waals surface area contributed by atoms with Gasteiger partial charge >= 0.3 is 0 Å². The van der Waals surface area contributed by atoms with Crippen LogP contribution in [-0.4, -0.2) is 30.4 Å². The molecule has 1 aromatic carbocycles. The Kier molecular flexibility index (Phi) is 3.79. The maximum atomic E-state index is 13.5. The minimum Gasteiger partial charge on any atom is -0.374 e. The molecule has 0 unspecified atom stereocenters. The maximum Gasteiger partial charge on any atom is 0.241 e. The third-order valence-electron chi connectivity index (χ3n) is 3.14. The second-order valence-corrected chi connectivity index (χ2v) is 4.52. The monoisotopic (exact) mass is 254 g/mol. The Morgan fingerprint density at radius 3 is 2.61 bits per heavy atom. The first-order valence-electron chi connectivity index (χ1n) is 6.05. The summed E-state index contributed by atoms with van der Waals surface area (Å²) in [6, 6.07) is 2.21. The number of nitrogens with one attached hydrogen (secondary N) is 1. The van der Waals surface area contributed by atoms with E-state index in [1.54, 1.807) is 4.90 Å². The summed E-state index contributed by atoms with van der Waals surface area (Å²) >= 11 is 0. The number of nitrogens with zero attached hydrogens (tertiary/aromatic N) is 1. The molecule has 1 fully saturated rings. The number of rotatable bonds is 3. The number of carbonyl (C=O) groups excluding carboxylic acids is 1. The normalized spacial score (nSPS) is 14.9. The van der Waals surface area contributed by atoms with Crippen LogP contribution in [-0.2, 0) is 4.79 Å². The minimum atomic E-state index is -0.539. The van der Waals surface area contributed by atoms with Crippen LogP contribution < -0.4 is 5.32 Å². The number of hydrogen-bond acceptors (Lipinski definition) is 2. The third-order valence-corrected chi connectivity index (χ3v) is 3.14. The lowest BCUT2D eigenvalue weighted by molar-refractivity contribution is -0.128. The second-order valence-electron chi connectivity index (χ2n) is 4.52. The summed E-state index contributed by atoms with van der Waals surface area (Å²) in [5.74, 6) is -1.09. The topological polar surface area (TPSA) is 32.3 Å². The predicted octanol–water partition coefficient (Wildman–Crippen LogP) is 2.31. The van der Waals surface area contributed by atoms with E-state index in [1.807, 2.05) is 0 Å². The largest absolute Gasteiger partial charge is 0.374 e. The van der Waals surface area contributed by atoms with Crippen LogP contribution in [0.25, 0.3) is 0 Å². The molecule has 1 aromatic rings. The van der Waals surface area contributed by atoms with Crippen molar-refractivity contribution in [1.82, 2.24) is 4.90 Å². The van der Waals surface area contributed by atoms with Crippen LogP contribution in [0.2, 0.25) is 0 Å². The van der Waals surface area contributed by atoms with Crippen LogP contribution in [0, 0.1) is 18.6 Å². The van der Waals surface area contributed by atoms with Crippen LogP contribution in [0.1, 0.15) is 18.4 Å². The van der Waals surface area contributed by atoms with Crippen molar-refractivity contribution in [3.63, 3.8) is 0 Å². The smallest absolute Gasteiger partial charge is 0.241 e. The number of hydrogen-bond donors (Lipinski definition) is 1. The van der Waals surface area contributed by atoms with Gasteiger partial charge in [-0.25, -0.2) is 8.78 Å². The van der Waals surface area contributed by atoms with Crippen molar-refractivity contribution in [3.8, 4) is 0 Å². The van der Waals surface area contributed by atoms with Gasteiger partial charge in [0.05, 0.1) is 12.2 Å². The Bertz CT molecular complexity index is 457. The van der Waals surface area contributed by atoms with E-state index in [4.69, 9.17) is 0 Å². The Hall–Kier alpha value is -1.65. The molecule has 0 atom stereocenters. The van der Waals surface area contributed by atoms with E-state index in [0.717, 1.165) is 38.1 Å². The van der Waals surface area contributed by atoms with Crippen molar-refractivity contribution in [3.05, 3.63) is 29.3 Å². The lowest BCUT2D eigenvalue weighted by atomic mass is 10.2. The highest BCUT2D eigenvalue weighted by Crippen LogP contribution is 2.18. The van der Waals surface area contributed by atoms with Crippen LogP contribution in [0.5, 0.6) is 0 Å². The molecule has 1 amide bonds. The van der Waals surface area contributed by atoms with E-state index in [1.165, 1.54) is 6.92 Å². The molecule has 1 saturated heterocycles. The van der Waals surface area contributed by atoms with Crippen molar-refractivity contribution in [2.45, 2.75) is 19.8 Å². The number of amides is 1. The van der Waals surface area contributed by atoms with Gasteiger partial charge in [0.15, 0.2) is 0 Å². The lowest BCUT2D eigenvalue weighted by Gasteiger charge is -2.16. The molecule has 1 N–H and O–H groups in total. The highest BCUT2D eigenvalue weighted by molar-refractivity contribution is 5.81. The first kappa shape index (κ1) is 12.8. The van der Waals surface area contributed by atoms with Crippen molar-refractivity contribution in [2.24, 2.45) is 0 Å². The summed E-state index contributed by atoms with van der Waals surface area (Å²) in [6.07, 6.45) is 2.03. The summed E-state index contributed by atoms with van der Waals surface area (Å²) in [5.41, 5.74) is 0.287. The van der Waals surface area contributed by atoms with Gasteiger partial charge in [-0.2, -0.15) is 0 Å². The van der Waals surface area contributed by atoms with Crippen LogP contribution in [0.15, 0.2) is 12.1 Å². The molecular formula is C13H16F2N2O. The molecular weight excluding hydrogens is 238 g/mol. The average Bonchev–Trinajstić information content (AvgIpc) is 2.85. The van der Waals surface area contributed by atoms with Gasteiger partial charge in [0.1, 0.15) is 11.6 Å². The quantitative estimate of drug-likeness (QED) is 0.897. The van der Waals surface area contributed by atoms with Crippen molar-refractivity contribution < 1.29 is 13.6 Å². The molecule has 0 aliphatic carbocycles. The first-order valence-corrected chi connectivity index (χ1v) is 6.05. The van der Waals surface area contributed by atoms with Gasteiger partial charge in [0, 0.05) is 19.2 Å². The third kappa shape index (κ3) is 2.78. The fourth-order valence-corrected chi connectivity index (χ4v) is 2.03. The summed E-state index contributed by atoms with van der Waals surface area (Å²) < 4.78 is 26.8. The van der Waals surface area contributed by atoms with Crippen LogP contribution >= 0.6 is 0 Å². The molecule has 1 heterocycles. The van der Waals surface area contributed by atoms with E-state index in [2.05, 4.69) is 5.32 Å². The van der Waals surface area contributed by atoms with Crippen molar-refractivity contribution in [2.75, 3.05) is 25.0 Å². The Morgan fingerprint density at radius 1 is 1.28 bits per heavy atom.